The average Bonchev–Trinajstić information content (AvgIpc) is 2.44. The third-order valence-electron chi connectivity index (χ3n) is 3.24. The number of carbonyl (C=O) groups is 1. The highest BCUT2D eigenvalue weighted by Gasteiger charge is 2.20. The summed E-state index contributed by atoms with van der Waals surface area (Å²) in [7, 11) is 0. The van der Waals surface area contributed by atoms with E-state index in [0.29, 0.717) is 17.3 Å². The third-order valence-corrected chi connectivity index (χ3v) is 3.55. The lowest BCUT2D eigenvalue weighted by atomic mass is 9.94. The Kier molecular flexibility index (Phi) is 8.62. The van der Waals surface area contributed by atoms with E-state index in [2.05, 4.69) is 5.32 Å². The number of rotatable bonds is 7. The van der Waals surface area contributed by atoms with Crippen molar-refractivity contribution in [1.82, 2.24) is 5.32 Å². The van der Waals surface area contributed by atoms with Crippen LogP contribution < -0.4 is 15.8 Å². The molecule has 0 atom stereocenters. The first-order valence-corrected chi connectivity index (χ1v) is 6.81. The highest BCUT2D eigenvalue weighted by Crippen LogP contribution is 2.22. The van der Waals surface area contributed by atoms with Gasteiger partial charge in [-0.2, -0.15) is 0 Å². The Labute approximate surface area is 131 Å². The third kappa shape index (κ3) is 5.99. The van der Waals surface area contributed by atoms with Gasteiger partial charge in [-0.05, 0) is 25.0 Å². The Morgan fingerprint density at radius 1 is 1.35 bits per heavy atom. The minimum atomic E-state index is -0.347. The first-order valence-electron chi connectivity index (χ1n) is 6.43. The standard InChI is InChI=1S/C14H21ClN2O2.ClH/c1-3-14(16,4-2)10-17-13(18)9-19-12-8-6-5-7-11(12)15;/h5-8H,3-4,9-10,16H2,1-2H3,(H,17,18);1H. The summed E-state index contributed by atoms with van der Waals surface area (Å²) in [4.78, 5) is 11.7. The molecule has 1 amide bonds. The van der Waals surface area contributed by atoms with E-state index in [1.165, 1.54) is 0 Å². The molecule has 0 aliphatic rings. The number of carbonyl (C=O) groups excluding carboxylic acids is 1. The fraction of sp³-hybridized carbons (Fsp3) is 0.500. The Bertz CT molecular complexity index is 423. The Morgan fingerprint density at radius 2 is 1.95 bits per heavy atom. The van der Waals surface area contributed by atoms with Crippen LogP contribution in [0.1, 0.15) is 26.7 Å². The van der Waals surface area contributed by atoms with Gasteiger partial charge in [-0.15, -0.1) is 12.4 Å². The van der Waals surface area contributed by atoms with Crippen molar-refractivity contribution in [3.05, 3.63) is 29.3 Å². The Morgan fingerprint density at radius 3 is 2.50 bits per heavy atom. The number of halogens is 2. The summed E-state index contributed by atoms with van der Waals surface area (Å²) < 4.78 is 5.35. The highest BCUT2D eigenvalue weighted by molar-refractivity contribution is 6.32. The van der Waals surface area contributed by atoms with Gasteiger partial charge in [0.2, 0.25) is 0 Å². The molecule has 20 heavy (non-hydrogen) atoms. The predicted molar refractivity (Wildman–Crippen MR) is 84.7 cm³/mol. The molecule has 0 fully saturated rings. The maximum absolute atomic E-state index is 11.7. The van der Waals surface area contributed by atoms with Crippen LogP contribution in [0.4, 0.5) is 0 Å². The van der Waals surface area contributed by atoms with Gasteiger partial charge < -0.3 is 15.8 Å². The largest absolute Gasteiger partial charge is 0.482 e. The van der Waals surface area contributed by atoms with Crippen LogP contribution in [0, 0.1) is 0 Å². The summed E-state index contributed by atoms with van der Waals surface area (Å²) in [5.41, 5.74) is 5.75. The first kappa shape index (κ1) is 19.0. The molecule has 0 saturated heterocycles. The van der Waals surface area contributed by atoms with Crippen LogP contribution in [-0.2, 0) is 4.79 Å². The van der Waals surface area contributed by atoms with E-state index in [-0.39, 0.29) is 30.5 Å². The van der Waals surface area contributed by atoms with Crippen molar-refractivity contribution in [3.63, 3.8) is 0 Å². The van der Waals surface area contributed by atoms with Crippen molar-refractivity contribution >= 4 is 29.9 Å². The maximum Gasteiger partial charge on any atom is 0.258 e. The van der Waals surface area contributed by atoms with Gasteiger partial charge in [-0.3, -0.25) is 4.79 Å². The summed E-state index contributed by atoms with van der Waals surface area (Å²) >= 11 is 5.93. The topological polar surface area (TPSA) is 64.3 Å². The van der Waals surface area contributed by atoms with Crippen LogP contribution in [0.5, 0.6) is 5.75 Å². The van der Waals surface area contributed by atoms with Gasteiger partial charge in [-0.25, -0.2) is 0 Å². The molecule has 4 nitrogen and oxygen atoms in total. The van der Waals surface area contributed by atoms with Crippen molar-refractivity contribution < 1.29 is 9.53 Å². The molecule has 0 aliphatic heterocycles. The lowest BCUT2D eigenvalue weighted by molar-refractivity contribution is -0.123. The monoisotopic (exact) mass is 320 g/mol. The fourth-order valence-corrected chi connectivity index (χ4v) is 1.72. The van der Waals surface area contributed by atoms with Gasteiger partial charge in [0.1, 0.15) is 5.75 Å². The highest BCUT2D eigenvalue weighted by atomic mass is 35.5. The van der Waals surface area contributed by atoms with Crippen LogP contribution in [0.25, 0.3) is 0 Å². The molecule has 0 aliphatic carbocycles. The molecule has 6 heteroatoms. The van der Waals surface area contributed by atoms with Gasteiger partial charge in [0.15, 0.2) is 6.61 Å². The smallest absolute Gasteiger partial charge is 0.258 e. The van der Waals surface area contributed by atoms with Gasteiger partial charge in [-0.1, -0.05) is 37.6 Å². The number of hydrogen-bond acceptors (Lipinski definition) is 3. The predicted octanol–water partition coefficient (Wildman–Crippen LogP) is 2.77. The second-order valence-corrected chi connectivity index (χ2v) is 4.97. The van der Waals surface area contributed by atoms with E-state index >= 15 is 0 Å². The number of amides is 1. The SMILES string of the molecule is CCC(N)(CC)CNC(=O)COc1ccccc1Cl.Cl. The van der Waals surface area contributed by atoms with Gasteiger partial charge >= 0.3 is 0 Å². The van der Waals surface area contributed by atoms with E-state index in [1.54, 1.807) is 24.3 Å². The number of ether oxygens (including phenoxy) is 1. The van der Waals surface area contributed by atoms with Crippen molar-refractivity contribution in [3.8, 4) is 5.75 Å². The second kappa shape index (κ2) is 9.06. The molecule has 1 aromatic rings. The van der Waals surface area contributed by atoms with Crippen molar-refractivity contribution in [1.29, 1.82) is 0 Å². The summed E-state index contributed by atoms with van der Waals surface area (Å²) in [5, 5.41) is 3.27. The molecule has 1 aromatic carbocycles. The summed E-state index contributed by atoms with van der Waals surface area (Å²) in [6.07, 6.45) is 1.63. The summed E-state index contributed by atoms with van der Waals surface area (Å²) in [6, 6.07) is 7.05. The average molecular weight is 321 g/mol. The molecule has 0 bridgehead atoms. The van der Waals surface area contributed by atoms with Gasteiger partial charge in [0, 0.05) is 12.1 Å². The number of benzene rings is 1. The van der Waals surface area contributed by atoms with Crippen LogP contribution in [0.15, 0.2) is 24.3 Å². The lowest BCUT2D eigenvalue weighted by Crippen LogP contribution is -2.50. The Hall–Kier alpha value is -0.970. The van der Waals surface area contributed by atoms with Crippen molar-refractivity contribution in [2.75, 3.05) is 13.2 Å². The van der Waals surface area contributed by atoms with Crippen LogP contribution in [-0.4, -0.2) is 24.6 Å². The van der Waals surface area contributed by atoms with Crippen LogP contribution >= 0.6 is 24.0 Å². The van der Waals surface area contributed by atoms with Gasteiger partial charge in [0.25, 0.3) is 5.91 Å². The Balaban J connectivity index is 0.00000361. The van der Waals surface area contributed by atoms with E-state index < -0.39 is 0 Å². The summed E-state index contributed by atoms with van der Waals surface area (Å²) in [5.74, 6) is 0.306. The molecule has 0 heterocycles. The molecule has 1 rings (SSSR count). The quantitative estimate of drug-likeness (QED) is 0.812. The van der Waals surface area contributed by atoms with E-state index in [1.807, 2.05) is 13.8 Å². The molecule has 0 saturated carbocycles. The zero-order valence-electron chi connectivity index (χ0n) is 11.8. The zero-order chi connectivity index (χ0) is 14.3. The normalized spacial score (nSPS) is 10.6. The fourth-order valence-electron chi connectivity index (χ4n) is 1.53. The second-order valence-electron chi connectivity index (χ2n) is 4.57. The van der Waals surface area contributed by atoms with E-state index in [4.69, 9.17) is 22.1 Å². The van der Waals surface area contributed by atoms with Crippen LogP contribution in [0.3, 0.4) is 0 Å². The number of para-hydroxylation sites is 1. The van der Waals surface area contributed by atoms with Crippen molar-refractivity contribution in [2.45, 2.75) is 32.2 Å². The van der Waals surface area contributed by atoms with Crippen molar-refractivity contribution in [2.24, 2.45) is 5.73 Å². The molecule has 114 valence electrons. The molecular weight excluding hydrogens is 299 g/mol. The zero-order valence-corrected chi connectivity index (χ0v) is 13.4. The number of nitrogens with two attached hydrogens (primary N) is 1. The molecule has 0 radical (unpaired) electrons. The van der Waals surface area contributed by atoms with Gasteiger partial charge in [0.05, 0.1) is 5.02 Å². The number of nitrogens with one attached hydrogen (secondary N) is 1. The summed E-state index contributed by atoms with van der Waals surface area (Å²) in [6.45, 7) is 4.41. The molecule has 0 unspecified atom stereocenters. The maximum atomic E-state index is 11.7. The van der Waals surface area contributed by atoms with E-state index in [0.717, 1.165) is 12.8 Å². The lowest BCUT2D eigenvalue weighted by Gasteiger charge is -2.26. The molecule has 0 aromatic heterocycles. The minimum absolute atomic E-state index is 0. The molecule has 0 spiro atoms. The molecule has 3 N–H and O–H groups in total. The molecular formula is C14H22Cl2N2O2. The van der Waals surface area contributed by atoms with E-state index in [9.17, 15) is 4.79 Å². The first-order chi connectivity index (χ1) is 9.00. The van der Waals surface area contributed by atoms with Crippen LogP contribution in [0.2, 0.25) is 5.02 Å². The number of hydrogen-bond donors (Lipinski definition) is 2. The minimum Gasteiger partial charge on any atom is -0.482 e.